The molecule has 3 rings (SSSR count). The molecule has 2 heterocycles. The smallest absolute Gasteiger partial charge is 0.0346 e. The molecule has 2 fully saturated rings. The third-order valence-corrected chi connectivity index (χ3v) is 7.36. The van der Waals surface area contributed by atoms with Crippen LogP contribution in [0.1, 0.15) is 50.8 Å². The van der Waals surface area contributed by atoms with E-state index in [0.29, 0.717) is 5.54 Å². The Morgan fingerprint density at radius 1 is 1.40 bits per heavy atom. The van der Waals surface area contributed by atoms with Gasteiger partial charge in [-0.25, -0.2) is 0 Å². The van der Waals surface area contributed by atoms with Gasteiger partial charge in [-0.15, -0.1) is 11.3 Å². The second-order valence-electron chi connectivity index (χ2n) is 6.74. The first kappa shape index (κ1) is 15.0. The van der Waals surface area contributed by atoms with Crippen molar-refractivity contribution in [1.29, 1.82) is 0 Å². The lowest BCUT2D eigenvalue weighted by molar-refractivity contribution is 0.00840. The zero-order chi connectivity index (χ0) is 14.2. The van der Waals surface area contributed by atoms with E-state index in [-0.39, 0.29) is 5.54 Å². The van der Waals surface area contributed by atoms with Crippen LogP contribution in [0, 0.1) is 0 Å². The minimum atomic E-state index is 0.289. The van der Waals surface area contributed by atoms with Gasteiger partial charge < -0.3 is 5.32 Å². The van der Waals surface area contributed by atoms with E-state index < -0.39 is 0 Å². The van der Waals surface area contributed by atoms with Crippen LogP contribution in [0.15, 0.2) is 15.9 Å². The molecule has 20 heavy (non-hydrogen) atoms. The largest absolute Gasteiger partial charge is 0.308 e. The molecule has 2 nitrogen and oxygen atoms in total. The number of rotatable bonds is 3. The summed E-state index contributed by atoms with van der Waals surface area (Å²) >= 11 is 5.57. The normalized spacial score (nSPS) is 30.1. The molecule has 112 valence electrons. The summed E-state index contributed by atoms with van der Waals surface area (Å²) in [4.78, 5) is 4.21. The summed E-state index contributed by atoms with van der Waals surface area (Å²) in [5.41, 5.74) is 0.690. The molecule has 0 bridgehead atoms. The second-order valence-corrected chi connectivity index (χ2v) is 8.59. The quantitative estimate of drug-likeness (QED) is 0.863. The molecule has 1 saturated carbocycles. The molecular formula is C16H25BrN2S. The molecule has 1 N–H and O–H groups in total. The predicted octanol–water partition coefficient (Wildman–Crippen LogP) is 4.40. The SMILES string of the molecule is CCC1(C)CNC2(CCCC2)CN1Cc1sccc1Br. The standard InChI is InChI=1S/C16H25BrN2S/c1-3-15(2)11-18-16(7-4-5-8-16)12-19(15)10-14-13(17)6-9-20-14/h6,9,18H,3-5,7-8,10-12H2,1-2H3. The van der Waals surface area contributed by atoms with Gasteiger partial charge in [-0.1, -0.05) is 19.8 Å². The highest BCUT2D eigenvalue weighted by Crippen LogP contribution is 2.38. The lowest BCUT2D eigenvalue weighted by atomic mass is 9.85. The number of thiophene rings is 1. The molecular weight excluding hydrogens is 332 g/mol. The minimum Gasteiger partial charge on any atom is -0.308 e. The highest BCUT2D eigenvalue weighted by molar-refractivity contribution is 9.10. The number of nitrogens with zero attached hydrogens (tertiary/aromatic N) is 1. The van der Waals surface area contributed by atoms with E-state index in [1.54, 1.807) is 0 Å². The molecule has 1 spiro atoms. The summed E-state index contributed by atoms with van der Waals surface area (Å²) in [6.07, 6.45) is 6.71. The fourth-order valence-corrected chi connectivity index (χ4v) is 5.19. The molecule has 1 aliphatic carbocycles. The number of hydrogen-bond donors (Lipinski definition) is 1. The van der Waals surface area contributed by atoms with Crippen LogP contribution in [-0.2, 0) is 6.54 Å². The van der Waals surface area contributed by atoms with Crippen LogP contribution in [0.5, 0.6) is 0 Å². The van der Waals surface area contributed by atoms with Crippen molar-refractivity contribution >= 4 is 27.3 Å². The number of halogens is 1. The fourth-order valence-electron chi connectivity index (χ4n) is 3.70. The van der Waals surface area contributed by atoms with Crippen LogP contribution in [0.2, 0.25) is 0 Å². The molecule has 1 saturated heterocycles. The maximum atomic E-state index is 3.91. The molecule has 2 aliphatic rings. The third kappa shape index (κ3) is 2.72. The van der Waals surface area contributed by atoms with Gasteiger partial charge in [0.05, 0.1) is 0 Å². The molecule has 1 unspecified atom stereocenters. The van der Waals surface area contributed by atoms with Crippen LogP contribution < -0.4 is 5.32 Å². The van der Waals surface area contributed by atoms with Crippen molar-refractivity contribution in [2.45, 2.75) is 63.6 Å². The van der Waals surface area contributed by atoms with Crippen LogP contribution in [0.4, 0.5) is 0 Å². The zero-order valence-corrected chi connectivity index (χ0v) is 14.9. The maximum absolute atomic E-state index is 3.91. The summed E-state index contributed by atoms with van der Waals surface area (Å²) in [5.74, 6) is 0. The van der Waals surface area contributed by atoms with E-state index in [2.05, 4.69) is 51.4 Å². The summed E-state index contributed by atoms with van der Waals surface area (Å²) < 4.78 is 1.28. The monoisotopic (exact) mass is 356 g/mol. The van der Waals surface area contributed by atoms with Gasteiger partial charge in [0.1, 0.15) is 0 Å². The zero-order valence-electron chi connectivity index (χ0n) is 12.5. The van der Waals surface area contributed by atoms with Crippen molar-refractivity contribution in [3.8, 4) is 0 Å². The van der Waals surface area contributed by atoms with E-state index >= 15 is 0 Å². The van der Waals surface area contributed by atoms with Crippen molar-refractivity contribution in [2.24, 2.45) is 0 Å². The first-order chi connectivity index (χ1) is 9.57. The van der Waals surface area contributed by atoms with Gasteiger partial charge in [0, 0.05) is 40.1 Å². The predicted molar refractivity (Wildman–Crippen MR) is 90.3 cm³/mol. The summed E-state index contributed by atoms with van der Waals surface area (Å²) in [5, 5.41) is 6.10. The Morgan fingerprint density at radius 3 is 2.75 bits per heavy atom. The molecule has 1 atom stereocenters. The highest BCUT2D eigenvalue weighted by atomic mass is 79.9. The van der Waals surface area contributed by atoms with Crippen molar-refractivity contribution in [1.82, 2.24) is 10.2 Å². The van der Waals surface area contributed by atoms with E-state index in [0.717, 1.165) is 13.1 Å². The summed E-state index contributed by atoms with van der Waals surface area (Å²) in [7, 11) is 0. The van der Waals surface area contributed by atoms with E-state index in [1.165, 1.54) is 48.0 Å². The highest BCUT2D eigenvalue weighted by Gasteiger charge is 2.45. The van der Waals surface area contributed by atoms with Crippen LogP contribution in [0.3, 0.4) is 0 Å². The number of nitrogens with one attached hydrogen (secondary N) is 1. The molecule has 0 aromatic carbocycles. The fraction of sp³-hybridized carbons (Fsp3) is 0.750. The van der Waals surface area contributed by atoms with Gasteiger partial charge in [-0.05, 0) is 53.6 Å². The van der Waals surface area contributed by atoms with Crippen LogP contribution in [0.25, 0.3) is 0 Å². The van der Waals surface area contributed by atoms with E-state index in [4.69, 9.17) is 0 Å². The molecule has 1 aromatic heterocycles. The molecule has 1 aliphatic heterocycles. The summed E-state index contributed by atoms with van der Waals surface area (Å²) in [6.45, 7) is 8.17. The average molecular weight is 357 g/mol. The molecule has 0 radical (unpaired) electrons. The first-order valence-electron chi connectivity index (χ1n) is 7.79. The van der Waals surface area contributed by atoms with Gasteiger partial charge in [-0.2, -0.15) is 0 Å². The van der Waals surface area contributed by atoms with Crippen molar-refractivity contribution in [3.05, 3.63) is 20.8 Å². The van der Waals surface area contributed by atoms with Crippen LogP contribution in [-0.4, -0.2) is 29.1 Å². The molecule has 0 amide bonds. The van der Waals surface area contributed by atoms with Gasteiger partial charge in [0.15, 0.2) is 0 Å². The Labute approximate surface area is 135 Å². The Balaban J connectivity index is 1.81. The van der Waals surface area contributed by atoms with E-state index in [9.17, 15) is 0 Å². The van der Waals surface area contributed by atoms with Gasteiger partial charge >= 0.3 is 0 Å². The summed E-state index contributed by atoms with van der Waals surface area (Å²) in [6, 6.07) is 2.18. The maximum Gasteiger partial charge on any atom is 0.0346 e. The lowest BCUT2D eigenvalue weighted by Gasteiger charge is -2.52. The van der Waals surface area contributed by atoms with Crippen molar-refractivity contribution in [2.75, 3.05) is 13.1 Å². The second kappa shape index (κ2) is 5.71. The third-order valence-electron chi connectivity index (χ3n) is 5.45. The Hall–Kier alpha value is 0.100. The van der Waals surface area contributed by atoms with Crippen molar-refractivity contribution < 1.29 is 0 Å². The van der Waals surface area contributed by atoms with Gasteiger partial charge in [0.2, 0.25) is 0 Å². The Bertz CT molecular complexity index is 467. The van der Waals surface area contributed by atoms with Crippen molar-refractivity contribution in [3.63, 3.8) is 0 Å². The first-order valence-corrected chi connectivity index (χ1v) is 9.46. The average Bonchev–Trinajstić information content (AvgIpc) is 3.05. The van der Waals surface area contributed by atoms with E-state index in [1.807, 2.05) is 11.3 Å². The number of hydrogen-bond acceptors (Lipinski definition) is 3. The Kier molecular flexibility index (Phi) is 4.29. The van der Waals surface area contributed by atoms with Crippen LogP contribution >= 0.6 is 27.3 Å². The van der Waals surface area contributed by atoms with Gasteiger partial charge in [-0.3, -0.25) is 4.90 Å². The molecule has 4 heteroatoms. The Morgan fingerprint density at radius 2 is 2.15 bits per heavy atom. The van der Waals surface area contributed by atoms with Gasteiger partial charge in [0.25, 0.3) is 0 Å². The number of piperazine rings is 1. The topological polar surface area (TPSA) is 15.3 Å². The molecule has 1 aromatic rings. The lowest BCUT2D eigenvalue weighted by Crippen LogP contribution is -2.67. The minimum absolute atomic E-state index is 0.289.